The van der Waals surface area contributed by atoms with E-state index < -0.39 is 5.60 Å². The molecular formula is C17H23NO5S. The van der Waals surface area contributed by atoms with E-state index in [2.05, 4.69) is 4.74 Å². The van der Waals surface area contributed by atoms with Gasteiger partial charge in [0.2, 0.25) is 0 Å². The van der Waals surface area contributed by atoms with Crippen LogP contribution in [0.2, 0.25) is 0 Å². The molecule has 0 N–H and O–H groups in total. The van der Waals surface area contributed by atoms with Crippen LogP contribution in [-0.2, 0) is 9.47 Å². The normalized spacial score (nSPS) is 17.5. The number of esters is 1. The molecule has 0 spiro atoms. The maximum absolute atomic E-state index is 12.2. The van der Waals surface area contributed by atoms with Crippen LogP contribution in [0.25, 0.3) is 0 Å². The highest BCUT2D eigenvalue weighted by Crippen LogP contribution is 2.24. The number of nitrogens with zero attached hydrogens (tertiary/aromatic N) is 1. The van der Waals surface area contributed by atoms with Crippen molar-refractivity contribution in [1.29, 1.82) is 0 Å². The van der Waals surface area contributed by atoms with Crippen molar-refractivity contribution in [3.8, 4) is 5.75 Å². The van der Waals surface area contributed by atoms with Gasteiger partial charge in [0, 0.05) is 5.75 Å². The average Bonchev–Trinajstić information content (AvgIpc) is 2.99. The van der Waals surface area contributed by atoms with Gasteiger partial charge in [-0.05, 0) is 45.0 Å². The number of thioether (sulfide) groups is 1. The van der Waals surface area contributed by atoms with Crippen molar-refractivity contribution in [2.75, 3.05) is 25.3 Å². The minimum Gasteiger partial charge on any atom is -0.491 e. The Balaban J connectivity index is 1.91. The number of carbonyl (C=O) groups is 2. The number of hydrogen-bond acceptors (Lipinski definition) is 6. The van der Waals surface area contributed by atoms with Crippen molar-refractivity contribution in [3.63, 3.8) is 0 Å². The summed E-state index contributed by atoms with van der Waals surface area (Å²) < 4.78 is 15.8. The molecule has 1 unspecified atom stereocenters. The van der Waals surface area contributed by atoms with Gasteiger partial charge in [-0.25, -0.2) is 9.59 Å². The highest BCUT2D eigenvalue weighted by Gasteiger charge is 2.33. The standard InChI is InChI=1S/C17H23NO5S/c1-17(2,3)23-16(20)18-11-24-10-13(18)9-22-14-7-5-12(6-8-14)15(19)21-4/h5-8,13H,9-11H2,1-4H3. The smallest absolute Gasteiger partial charge is 0.411 e. The van der Waals surface area contributed by atoms with E-state index in [-0.39, 0.29) is 18.1 Å². The number of rotatable bonds is 4. The van der Waals surface area contributed by atoms with Gasteiger partial charge in [0.25, 0.3) is 0 Å². The Morgan fingerprint density at radius 1 is 1.25 bits per heavy atom. The van der Waals surface area contributed by atoms with Gasteiger partial charge < -0.3 is 14.2 Å². The average molecular weight is 353 g/mol. The number of carbonyl (C=O) groups excluding carboxylic acids is 2. The molecule has 1 amide bonds. The van der Waals surface area contributed by atoms with E-state index in [9.17, 15) is 9.59 Å². The minimum atomic E-state index is -0.514. The summed E-state index contributed by atoms with van der Waals surface area (Å²) in [6.07, 6.45) is -0.317. The number of hydrogen-bond donors (Lipinski definition) is 0. The molecule has 0 saturated carbocycles. The fourth-order valence-corrected chi connectivity index (χ4v) is 3.31. The van der Waals surface area contributed by atoms with Crippen molar-refractivity contribution in [2.45, 2.75) is 32.4 Å². The van der Waals surface area contributed by atoms with Crippen LogP contribution in [0.3, 0.4) is 0 Å². The third-order valence-corrected chi connectivity index (χ3v) is 4.41. The zero-order valence-corrected chi connectivity index (χ0v) is 15.2. The van der Waals surface area contributed by atoms with Crippen LogP contribution in [0.15, 0.2) is 24.3 Å². The van der Waals surface area contributed by atoms with Crippen LogP contribution in [0, 0.1) is 0 Å². The van der Waals surface area contributed by atoms with Crippen molar-refractivity contribution in [2.24, 2.45) is 0 Å². The quantitative estimate of drug-likeness (QED) is 0.775. The van der Waals surface area contributed by atoms with Crippen molar-refractivity contribution in [3.05, 3.63) is 29.8 Å². The summed E-state index contributed by atoms with van der Waals surface area (Å²) in [5.74, 6) is 1.66. The van der Waals surface area contributed by atoms with Gasteiger partial charge in [0.1, 0.15) is 18.0 Å². The van der Waals surface area contributed by atoms with Gasteiger partial charge >= 0.3 is 12.1 Å². The maximum Gasteiger partial charge on any atom is 0.411 e. The lowest BCUT2D eigenvalue weighted by Crippen LogP contribution is -2.43. The van der Waals surface area contributed by atoms with Gasteiger partial charge in [0.05, 0.1) is 24.6 Å². The first-order valence-electron chi connectivity index (χ1n) is 7.68. The Morgan fingerprint density at radius 2 is 1.92 bits per heavy atom. The number of benzene rings is 1. The van der Waals surface area contributed by atoms with E-state index in [1.54, 1.807) is 40.9 Å². The Morgan fingerprint density at radius 3 is 2.50 bits per heavy atom. The summed E-state index contributed by atoms with van der Waals surface area (Å²) >= 11 is 1.67. The zero-order valence-electron chi connectivity index (χ0n) is 14.4. The number of amides is 1. The predicted molar refractivity (Wildman–Crippen MR) is 92.5 cm³/mol. The van der Waals surface area contributed by atoms with E-state index in [0.717, 1.165) is 5.75 Å². The van der Waals surface area contributed by atoms with Crippen LogP contribution in [0.1, 0.15) is 31.1 Å². The zero-order chi connectivity index (χ0) is 17.7. The molecule has 7 heteroatoms. The lowest BCUT2D eigenvalue weighted by atomic mass is 10.2. The molecule has 1 heterocycles. The molecule has 1 aromatic carbocycles. The molecule has 0 radical (unpaired) electrons. The Kier molecular flexibility index (Phi) is 5.99. The molecule has 24 heavy (non-hydrogen) atoms. The Bertz CT molecular complexity index is 582. The molecule has 1 saturated heterocycles. The third kappa shape index (κ3) is 5.06. The first-order valence-corrected chi connectivity index (χ1v) is 8.84. The predicted octanol–water partition coefficient (Wildman–Crippen LogP) is 3.16. The fourth-order valence-electron chi connectivity index (χ4n) is 2.14. The van der Waals surface area contributed by atoms with Crippen LogP contribution in [-0.4, -0.2) is 54.0 Å². The molecule has 0 aromatic heterocycles. The lowest BCUT2D eigenvalue weighted by Gasteiger charge is -2.27. The van der Waals surface area contributed by atoms with E-state index in [1.807, 2.05) is 20.8 Å². The van der Waals surface area contributed by atoms with Crippen LogP contribution >= 0.6 is 11.8 Å². The summed E-state index contributed by atoms with van der Waals surface area (Å²) in [6, 6.07) is 6.69. The topological polar surface area (TPSA) is 65.1 Å². The molecule has 1 aliphatic rings. The van der Waals surface area contributed by atoms with Gasteiger partial charge in [-0.15, -0.1) is 11.8 Å². The maximum atomic E-state index is 12.2. The van der Waals surface area contributed by atoms with Crippen molar-refractivity contribution in [1.82, 2.24) is 4.90 Å². The molecule has 1 atom stereocenters. The van der Waals surface area contributed by atoms with Gasteiger partial charge in [-0.3, -0.25) is 4.90 Å². The summed E-state index contributed by atoms with van der Waals surface area (Å²) in [7, 11) is 1.34. The summed E-state index contributed by atoms with van der Waals surface area (Å²) in [5.41, 5.74) is -0.0453. The molecule has 1 aromatic rings. The SMILES string of the molecule is COC(=O)c1ccc(OCC2CSCN2C(=O)OC(C)(C)C)cc1. The van der Waals surface area contributed by atoms with Crippen LogP contribution in [0.5, 0.6) is 5.75 Å². The second-order valence-electron chi connectivity index (χ2n) is 6.43. The second kappa shape index (κ2) is 7.79. The van der Waals surface area contributed by atoms with Crippen molar-refractivity contribution >= 4 is 23.8 Å². The second-order valence-corrected chi connectivity index (χ2v) is 7.43. The minimum absolute atomic E-state index is 0.0369. The van der Waals surface area contributed by atoms with E-state index >= 15 is 0 Å². The first kappa shape index (κ1) is 18.4. The summed E-state index contributed by atoms with van der Waals surface area (Å²) in [6.45, 7) is 5.93. The van der Waals surface area contributed by atoms with Crippen LogP contribution in [0.4, 0.5) is 4.79 Å². The van der Waals surface area contributed by atoms with Gasteiger partial charge in [0.15, 0.2) is 0 Å². The fraction of sp³-hybridized carbons (Fsp3) is 0.529. The molecular weight excluding hydrogens is 330 g/mol. The number of methoxy groups -OCH3 is 1. The molecule has 1 fully saturated rings. The lowest BCUT2D eigenvalue weighted by molar-refractivity contribution is 0.0202. The van der Waals surface area contributed by atoms with Gasteiger partial charge in [-0.1, -0.05) is 0 Å². The molecule has 0 bridgehead atoms. The third-order valence-electron chi connectivity index (χ3n) is 3.33. The van der Waals surface area contributed by atoms with Crippen molar-refractivity contribution < 1.29 is 23.8 Å². The molecule has 0 aliphatic carbocycles. The Hall–Kier alpha value is -1.89. The molecule has 2 rings (SSSR count). The number of ether oxygens (including phenoxy) is 3. The largest absolute Gasteiger partial charge is 0.491 e. The Labute approximate surface area is 146 Å². The summed E-state index contributed by atoms with van der Waals surface area (Å²) in [4.78, 5) is 25.3. The molecule has 6 nitrogen and oxygen atoms in total. The highest BCUT2D eigenvalue weighted by molar-refractivity contribution is 7.99. The molecule has 132 valence electrons. The monoisotopic (exact) mass is 353 g/mol. The molecule has 1 aliphatic heterocycles. The first-order chi connectivity index (χ1) is 11.3. The highest BCUT2D eigenvalue weighted by atomic mass is 32.2. The van der Waals surface area contributed by atoms with E-state index in [4.69, 9.17) is 9.47 Å². The van der Waals surface area contributed by atoms with Gasteiger partial charge in [-0.2, -0.15) is 0 Å². The van der Waals surface area contributed by atoms with Crippen LogP contribution < -0.4 is 4.74 Å². The van der Waals surface area contributed by atoms with E-state index in [1.165, 1.54) is 7.11 Å². The summed E-state index contributed by atoms with van der Waals surface area (Å²) in [5, 5.41) is 0. The van der Waals surface area contributed by atoms with E-state index in [0.29, 0.717) is 23.8 Å².